The number of hydrogen-bond donors (Lipinski definition) is 3. The average molecular weight is 386 g/mol. The molecule has 29 heavy (non-hydrogen) atoms. The summed E-state index contributed by atoms with van der Waals surface area (Å²) < 4.78 is 0. The molecule has 0 unspecified atom stereocenters. The molecular formula is C21H18N6O2. The van der Waals surface area contributed by atoms with Crippen molar-refractivity contribution in [2.45, 2.75) is 13.3 Å². The van der Waals surface area contributed by atoms with Crippen molar-refractivity contribution in [1.82, 2.24) is 9.97 Å². The number of hydrogen-bond acceptors (Lipinski definition) is 7. The van der Waals surface area contributed by atoms with Gasteiger partial charge in [0, 0.05) is 28.9 Å². The highest BCUT2D eigenvalue weighted by atomic mass is 16.4. The van der Waals surface area contributed by atoms with Gasteiger partial charge in [-0.15, -0.1) is 0 Å². The minimum absolute atomic E-state index is 0.188. The number of nitrogen functional groups attached to an aromatic ring is 2. The maximum atomic E-state index is 11.2. The van der Waals surface area contributed by atoms with Crippen molar-refractivity contribution < 1.29 is 9.90 Å². The lowest BCUT2D eigenvalue weighted by Gasteiger charge is -2.13. The molecule has 1 aromatic heterocycles. The van der Waals surface area contributed by atoms with Crippen LogP contribution in [-0.2, 0) is 0 Å². The first-order valence-electron chi connectivity index (χ1n) is 8.90. The molecule has 0 bridgehead atoms. The number of anilines is 2. The summed E-state index contributed by atoms with van der Waals surface area (Å²) in [6.45, 7) is 1.89. The van der Waals surface area contributed by atoms with E-state index in [0.717, 1.165) is 11.3 Å². The van der Waals surface area contributed by atoms with Gasteiger partial charge in [-0.25, -0.2) is 14.8 Å². The van der Waals surface area contributed by atoms with Crippen LogP contribution in [0.25, 0.3) is 22.5 Å². The second-order valence-electron chi connectivity index (χ2n) is 6.72. The molecule has 4 rings (SSSR count). The number of rotatable bonds is 4. The van der Waals surface area contributed by atoms with Gasteiger partial charge in [0.2, 0.25) is 0 Å². The first-order valence-corrected chi connectivity index (χ1v) is 8.90. The number of aromatic carboxylic acids is 1. The molecular weight excluding hydrogens is 368 g/mol. The number of nitrogens with two attached hydrogens (primary N) is 2. The zero-order chi connectivity index (χ0) is 20.5. The number of carboxylic acid groups (broad SMARTS) is 1. The second-order valence-corrected chi connectivity index (χ2v) is 6.72. The van der Waals surface area contributed by atoms with Crippen molar-refractivity contribution in [3.8, 4) is 22.5 Å². The van der Waals surface area contributed by atoms with Crippen LogP contribution in [0, 0.1) is 0 Å². The molecule has 0 fully saturated rings. The third kappa shape index (κ3) is 3.55. The van der Waals surface area contributed by atoms with Gasteiger partial charge in [0.15, 0.2) is 5.82 Å². The summed E-state index contributed by atoms with van der Waals surface area (Å²) in [7, 11) is 0. The molecule has 0 saturated carbocycles. The van der Waals surface area contributed by atoms with E-state index in [-0.39, 0.29) is 11.4 Å². The van der Waals surface area contributed by atoms with Gasteiger partial charge in [0.1, 0.15) is 5.69 Å². The maximum absolute atomic E-state index is 11.2. The fraction of sp³-hybridized carbons (Fsp3) is 0.0952. The SMILES string of the molecule is CC1=NN=C(c2nc(-c3ccc(N)cc3)c(-c3ccc(C(=O)O)cc3)nc2N)C1. The minimum atomic E-state index is -0.995. The first kappa shape index (κ1) is 18.3. The number of carbonyl (C=O) groups is 1. The molecule has 1 aliphatic rings. The Morgan fingerprint density at radius 2 is 1.45 bits per heavy atom. The molecule has 1 aliphatic heterocycles. The third-order valence-corrected chi connectivity index (χ3v) is 4.55. The van der Waals surface area contributed by atoms with E-state index < -0.39 is 5.97 Å². The molecule has 0 amide bonds. The van der Waals surface area contributed by atoms with Crippen LogP contribution < -0.4 is 11.5 Å². The Morgan fingerprint density at radius 3 is 2.00 bits per heavy atom. The van der Waals surface area contributed by atoms with Crippen molar-refractivity contribution in [2.24, 2.45) is 10.2 Å². The van der Waals surface area contributed by atoms with Crippen LogP contribution >= 0.6 is 0 Å². The topological polar surface area (TPSA) is 140 Å². The van der Waals surface area contributed by atoms with Crippen molar-refractivity contribution in [1.29, 1.82) is 0 Å². The van der Waals surface area contributed by atoms with Crippen LogP contribution in [-0.4, -0.2) is 32.5 Å². The normalized spacial score (nSPS) is 13.1. The van der Waals surface area contributed by atoms with Crippen LogP contribution in [0.1, 0.15) is 29.4 Å². The molecule has 3 aromatic rings. The van der Waals surface area contributed by atoms with Crippen LogP contribution in [0.15, 0.2) is 58.7 Å². The van der Waals surface area contributed by atoms with Gasteiger partial charge in [0.05, 0.1) is 22.7 Å². The lowest BCUT2D eigenvalue weighted by molar-refractivity contribution is 0.0697. The number of nitrogens with zero attached hydrogens (tertiary/aromatic N) is 4. The lowest BCUT2D eigenvalue weighted by Crippen LogP contribution is -2.12. The van der Waals surface area contributed by atoms with E-state index >= 15 is 0 Å². The molecule has 144 valence electrons. The smallest absolute Gasteiger partial charge is 0.335 e. The summed E-state index contributed by atoms with van der Waals surface area (Å²) in [5.74, 6) is -0.754. The van der Waals surface area contributed by atoms with E-state index in [4.69, 9.17) is 21.6 Å². The van der Waals surface area contributed by atoms with Gasteiger partial charge in [-0.2, -0.15) is 10.2 Å². The Kier molecular flexibility index (Phi) is 4.52. The van der Waals surface area contributed by atoms with Gasteiger partial charge in [0.25, 0.3) is 0 Å². The molecule has 8 nitrogen and oxygen atoms in total. The number of benzene rings is 2. The van der Waals surface area contributed by atoms with Crippen molar-refractivity contribution >= 4 is 28.9 Å². The summed E-state index contributed by atoms with van der Waals surface area (Å²) in [6, 6.07) is 13.7. The van der Waals surface area contributed by atoms with E-state index in [9.17, 15) is 4.79 Å². The minimum Gasteiger partial charge on any atom is -0.478 e. The molecule has 0 atom stereocenters. The summed E-state index contributed by atoms with van der Waals surface area (Å²) >= 11 is 0. The van der Waals surface area contributed by atoms with E-state index in [1.165, 1.54) is 12.1 Å². The van der Waals surface area contributed by atoms with Gasteiger partial charge in [-0.05, 0) is 31.2 Å². The molecule has 2 heterocycles. The van der Waals surface area contributed by atoms with E-state index in [0.29, 0.717) is 40.5 Å². The number of aromatic nitrogens is 2. The van der Waals surface area contributed by atoms with Gasteiger partial charge in [-0.1, -0.05) is 24.3 Å². The van der Waals surface area contributed by atoms with Crippen LogP contribution in [0.4, 0.5) is 11.5 Å². The van der Waals surface area contributed by atoms with Gasteiger partial charge < -0.3 is 16.6 Å². The Bertz CT molecular complexity index is 1170. The van der Waals surface area contributed by atoms with Gasteiger partial charge >= 0.3 is 5.97 Å². The lowest BCUT2D eigenvalue weighted by atomic mass is 10.0. The fourth-order valence-electron chi connectivity index (χ4n) is 3.06. The Morgan fingerprint density at radius 1 is 0.862 bits per heavy atom. The highest BCUT2D eigenvalue weighted by molar-refractivity contribution is 6.15. The molecule has 0 aliphatic carbocycles. The zero-order valence-electron chi connectivity index (χ0n) is 15.6. The monoisotopic (exact) mass is 386 g/mol. The van der Waals surface area contributed by atoms with Crippen molar-refractivity contribution in [2.75, 3.05) is 11.5 Å². The van der Waals surface area contributed by atoms with Gasteiger partial charge in [-0.3, -0.25) is 0 Å². The number of carboxylic acids is 1. The van der Waals surface area contributed by atoms with E-state index in [2.05, 4.69) is 15.2 Å². The second kappa shape index (κ2) is 7.16. The Balaban J connectivity index is 1.88. The van der Waals surface area contributed by atoms with Crippen LogP contribution in [0.2, 0.25) is 0 Å². The molecule has 5 N–H and O–H groups in total. The quantitative estimate of drug-likeness (QED) is 0.588. The molecule has 0 spiro atoms. The summed E-state index contributed by atoms with van der Waals surface area (Å²) in [6.07, 6.45) is 0.562. The van der Waals surface area contributed by atoms with Crippen molar-refractivity contribution in [3.63, 3.8) is 0 Å². The van der Waals surface area contributed by atoms with E-state index in [1.54, 1.807) is 24.3 Å². The summed E-state index contributed by atoms with van der Waals surface area (Å²) in [5, 5.41) is 17.4. The molecule has 2 aromatic carbocycles. The predicted molar refractivity (Wildman–Crippen MR) is 113 cm³/mol. The first-order chi connectivity index (χ1) is 13.9. The maximum Gasteiger partial charge on any atom is 0.335 e. The summed E-state index contributed by atoms with van der Waals surface area (Å²) in [4.78, 5) is 20.5. The van der Waals surface area contributed by atoms with Crippen LogP contribution in [0.3, 0.4) is 0 Å². The highest BCUT2D eigenvalue weighted by Crippen LogP contribution is 2.32. The Labute approximate surface area is 166 Å². The fourth-order valence-corrected chi connectivity index (χ4v) is 3.06. The average Bonchev–Trinajstić information content (AvgIpc) is 3.14. The third-order valence-electron chi connectivity index (χ3n) is 4.55. The van der Waals surface area contributed by atoms with Crippen LogP contribution in [0.5, 0.6) is 0 Å². The Hall–Kier alpha value is -4.07. The standard InChI is InChI=1S/C21H18N6O2/c1-11-10-16(27-26-11)19-20(23)25-18(12-2-4-14(5-3-12)21(28)29)17(24-19)13-6-8-15(22)9-7-13/h2-9H,10,22H2,1H3,(H2,23,25)(H,28,29). The van der Waals surface area contributed by atoms with E-state index in [1.807, 2.05) is 19.1 Å². The molecule has 0 radical (unpaired) electrons. The van der Waals surface area contributed by atoms with Crippen molar-refractivity contribution in [3.05, 3.63) is 59.8 Å². The predicted octanol–water partition coefficient (Wildman–Crippen LogP) is 3.24. The molecule has 8 heteroatoms. The summed E-state index contributed by atoms with van der Waals surface area (Å²) in [5.41, 5.74) is 17.5. The largest absolute Gasteiger partial charge is 0.478 e. The molecule has 0 saturated heterocycles. The highest BCUT2D eigenvalue weighted by Gasteiger charge is 2.21. The zero-order valence-corrected chi connectivity index (χ0v) is 15.6.